The van der Waals surface area contributed by atoms with Crippen LogP contribution in [0.2, 0.25) is 5.02 Å². The van der Waals surface area contributed by atoms with E-state index in [1.807, 2.05) is 25.1 Å². The van der Waals surface area contributed by atoms with Crippen LogP contribution in [0.5, 0.6) is 0 Å². The third-order valence-corrected chi connectivity index (χ3v) is 4.19. The first-order chi connectivity index (χ1) is 12.5. The van der Waals surface area contributed by atoms with E-state index < -0.39 is 0 Å². The minimum Gasteiger partial charge on any atom is -0.466 e. The van der Waals surface area contributed by atoms with Crippen LogP contribution in [0.1, 0.15) is 18.2 Å². The fourth-order valence-corrected chi connectivity index (χ4v) is 2.72. The molecule has 7 nitrogen and oxygen atoms in total. The topological polar surface area (TPSA) is 95.9 Å². The molecular weight excluding hydrogens is 354 g/mol. The maximum Gasteiger partial charge on any atom is 0.311 e. The lowest BCUT2D eigenvalue weighted by Gasteiger charge is -2.12. The summed E-state index contributed by atoms with van der Waals surface area (Å²) in [4.78, 5) is 24.6. The molecule has 2 aromatic heterocycles. The number of carbonyl (C=O) groups is 1. The van der Waals surface area contributed by atoms with Crippen LogP contribution in [0.4, 0.5) is 5.95 Å². The van der Waals surface area contributed by atoms with Crippen LogP contribution < -0.4 is 5.73 Å². The van der Waals surface area contributed by atoms with Gasteiger partial charge in [-0.2, -0.15) is 4.98 Å². The lowest BCUT2D eigenvalue weighted by atomic mass is 10.1. The van der Waals surface area contributed by atoms with Gasteiger partial charge in [0.2, 0.25) is 5.95 Å². The number of carbonyl (C=O) groups excluding carboxylic acids is 1. The third-order valence-electron chi connectivity index (χ3n) is 3.77. The van der Waals surface area contributed by atoms with Crippen molar-refractivity contribution in [3.05, 3.63) is 52.9 Å². The normalized spacial score (nSPS) is 10.7. The van der Waals surface area contributed by atoms with Crippen molar-refractivity contribution in [1.29, 1.82) is 0 Å². The van der Waals surface area contributed by atoms with Gasteiger partial charge in [0.25, 0.3) is 0 Å². The van der Waals surface area contributed by atoms with E-state index in [4.69, 9.17) is 22.1 Å². The van der Waals surface area contributed by atoms with Gasteiger partial charge in [-0.15, -0.1) is 0 Å². The number of imidazole rings is 1. The SMILES string of the molecule is CCOC(=O)Cc1cnc(-c2ccc(Cl)c(C)c2)n1-c1ccnc(N)n1. The maximum atomic E-state index is 12.0. The Kier molecular flexibility index (Phi) is 5.18. The minimum absolute atomic E-state index is 0.0668. The van der Waals surface area contributed by atoms with Gasteiger partial charge < -0.3 is 10.5 Å². The first-order valence-corrected chi connectivity index (χ1v) is 8.45. The summed E-state index contributed by atoms with van der Waals surface area (Å²) in [7, 11) is 0. The van der Waals surface area contributed by atoms with Crippen molar-refractivity contribution in [2.45, 2.75) is 20.3 Å². The second kappa shape index (κ2) is 7.53. The molecule has 0 aliphatic carbocycles. The number of nitrogens with two attached hydrogens (primary N) is 1. The summed E-state index contributed by atoms with van der Waals surface area (Å²) in [5.41, 5.74) is 8.14. The number of nitrogen functional groups attached to an aromatic ring is 1. The molecule has 0 aliphatic rings. The Morgan fingerprint density at radius 2 is 2.12 bits per heavy atom. The Balaban J connectivity index is 2.14. The van der Waals surface area contributed by atoms with E-state index >= 15 is 0 Å². The van der Waals surface area contributed by atoms with Gasteiger partial charge >= 0.3 is 5.97 Å². The molecule has 0 spiro atoms. The zero-order valence-corrected chi connectivity index (χ0v) is 15.2. The molecule has 0 aliphatic heterocycles. The van der Waals surface area contributed by atoms with Crippen LogP contribution in [-0.4, -0.2) is 32.1 Å². The van der Waals surface area contributed by atoms with Crippen LogP contribution in [0.3, 0.4) is 0 Å². The fraction of sp³-hybridized carbons (Fsp3) is 0.222. The number of anilines is 1. The molecule has 3 rings (SSSR count). The summed E-state index contributed by atoms with van der Waals surface area (Å²) in [5.74, 6) is 0.949. The van der Waals surface area contributed by atoms with Crippen LogP contribution in [-0.2, 0) is 16.0 Å². The Labute approximate surface area is 155 Å². The van der Waals surface area contributed by atoms with Crippen molar-refractivity contribution in [3.8, 4) is 17.2 Å². The molecule has 8 heteroatoms. The van der Waals surface area contributed by atoms with Crippen LogP contribution in [0.25, 0.3) is 17.2 Å². The number of benzene rings is 1. The van der Waals surface area contributed by atoms with Gasteiger partial charge in [0.1, 0.15) is 11.6 Å². The maximum absolute atomic E-state index is 12.0. The molecule has 0 saturated heterocycles. The number of nitrogens with zero attached hydrogens (tertiary/aromatic N) is 4. The van der Waals surface area contributed by atoms with Crippen molar-refractivity contribution in [1.82, 2.24) is 19.5 Å². The summed E-state index contributed by atoms with van der Waals surface area (Å²) in [6.45, 7) is 4.00. The van der Waals surface area contributed by atoms with E-state index in [9.17, 15) is 4.79 Å². The highest BCUT2D eigenvalue weighted by Crippen LogP contribution is 2.27. The van der Waals surface area contributed by atoms with Crippen LogP contribution in [0, 0.1) is 6.92 Å². The number of hydrogen-bond donors (Lipinski definition) is 1. The largest absolute Gasteiger partial charge is 0.466 e. The molecule has 0 radical (unpaired) electrons. The van der Waals surface area contributed by atoms with Crippen molar-refractivity contribution < 1.29 is 9.53 Å². The minimum atomic E-state index is -0.338. The molecule has 3 aromatic rings. The van der Waals surface area contributed by atoms with Crippen molar-refractivity contribution >= 4 is 23.5 Å². The predicted molar refractivity (Wildman–Crippen MR) is 99.1 cm³/mol. The summed E-state index contributed by atoms with van der Waals surface area (Å²) in [5, 5.41) is 0.671. The first kappa shape index (κ1) is 17.9. The molecular formula is C18H18ClN5O2. The zero-order valence-electron chi connectivity index (χ0n) is 14.4. The molecule has 0 unspecified atom stereocenters. The van der Waals surface area contributed by atoms with Gasteiger partial charge in [-0.3, -0.25) is 9.36 Å². The number of halogens is 1. The second-order valence-electron chi connectivity index (χ2n) is 5.63. The van der Waals surface area contributed by atoms with Gasteiger partial charge in [-0.1, -0.05) is 11.6 Å². The lowest BCUT2D eigenvalue weighted by Crippen LogP contribution is -2.13. The number of hydrogen-bond acceptors (Lipinski definition) is 6. The number of esters is 1. The number of aryl methyl sites for hydroxylation is 1. The van der Waals surface area contributed by atoms with Crippen LogP contribution in [0.15, 0.2) is 36.7 Å². The van der Waals surface area contributed by atoms with Gasteiger partial charge in [-0.05, 0) is 43.7 Å². The summed E-state index contributed by atoms with van der Waals surface area (Å²) >= 11 is 6.13. The van der Waals surface area contributed by atoms with E-state index in [0.717, 1.165) is 11.1 Å². The molecule has 0 bridgehead atoms. The number of ether oxygens (including phenoxy) is 1. The lowest BCUT2D eigenvalue weighted by molar-refractivity contribution is -0.142. The average Bonchev–Trinajstić information content (AvgIpc) is 3.01. The van der Waals surface area contributed by atoms with Gasteiger partial charge in [0.05, 0.1) is 18.7 Å². The first-order valence-electron chi connectivity index (χ1n) is 8.07. The van der Waals surface area contributed by atoms with E-state index in [1.54, 1.807) is 30.0 Å². The van der Waals surface area contributed by atoms with Crippen LogP contribution >= 0.6 is 11.6 Å². The average molecular weight is 372 g/mol. The highest BCUT2D eigenvalue weighted by atomic mass is 35.5. The van der Waals surface area contributed by atoms with Crippen molar-refractivity contribution in [3.63, 3.8) is 0 Å². The second-order valence-corrected chi connectivity index (χ2v) is 6.03. The molecule has 0 fully saturated rings. The molecule has 0 amide bonds. The predicted octanol–water partition coefficient (Wildman–Crippen LogP) is 2.98. The zero-order chi connectivity index (χ0) is 18.7. The number of aromatic nitrogens is 4. The number of rotatable bonds is 5. The van der Waals surface area contributed by atoms with Crippen molar-refractivity contribution in [2.24, 2.45) is 0 Å². The fourth-order valence-electron chi connectivity index (χ4n) is 2.60. The van der Waals surface area contributed by atoms with Crippen molar-refractivity contribution in [2.75, 3.05) is 12.3 Å². The highest BCUT2D eigenvalue weighted by molar-refractivity contribution is 6.31. The Morgan fingerprint density at radius 3 is 2.81 bits per heavy atom. The molecule has 2 heterocycles. The Bertz CT molecular complexity index is 955. The summed E-state index contributed by atoms with van der Waals surface area (Å²) in [6.07, 6.45) is 3.26. The standard InChI is InChI=1S/C18H18ClN5O2/c1-3-26-16(25)9-13-10-22-17(12-4-5-14(19)11(2)8-12)24(13)15-6-7-21-18(20)23-15/h4-8,10H,3,9H2,1-2H3,(H2,20,21,23). The van der Waals surface area contributed by atoms with Gasteiger partial charge in [0, 0.05) is 23.0 Å². The third kappa shape index (κ3) is 3.67. The summed E-state index contributed by atoms with van der Waals surface area (Å²) in [6, 6.07) is 7.32. The molecule has 0 saturated carbocycles. The molecule has 134 valence electrons. The molecule has 26 heavy (non-hydrogen) atoms. The quantitative estimate of drug-likeness (QED) is 0.692. The molecule has 1 aromatic carbocycles. The summed E-state index contributed by atoms with van der Waals surface area (Å²) < 4.78 is 6.83. The smallest absolute Gasteiger partial charge is 0.311 e. The van der Waals surface area contributed by atoms with E-state index in [-0.39, 0.29) is 18.3 Å². The van der Waals surface area contributed by atoms with Gasteiger partial charge in [-0.25, -0.2) is 9.97 Å². The Morgan fingerprint density at radius 1 is 1.31 bits per heavy atom. The van der Waals surface area contributed by atoms with E-state index in [2.05, 4.69) is 15.0 Å². The van der Waals surface area contributed by atoms with E-state index in [0.29, 0.717) is 29.0 Å². The monoisotopic (exact) mass is 371 g/mol. The van der Waals surface area contributed by atoms with E-state index in [1.165, 1.54) is 0 Å². The van der Waals surface area contributed by atoms with Gasteiger partial charge in [0.15, 0.2) is 0 Å². The Hall–Kier alpha value is -2.93. The highest BCUT2D eigenvalue weighted by Gasteiger charge is 2.18. The molecule has 0 atom stereocenters. The molecule has 2 N–H and O–H groups in total.